The lowest BCUT2D eigenvalue weighted by Crippen LogP contribution is -2.31. The Labute approximate surface area is 164 Å². The lowest BCUT2D eigenvalue weighted by molar-refractivity contribution is -0.148. The fourth-order valence-corrected chi connectivity index (χ4v) is 3.12. The van der Waals surface area contributed by atoms with Crippen LogP contribution in [0.25, 0.3) is 11.0 Å². The molecule has 0 N–H and O–H groups in total. The SMILES string of the molecule is COc1ccc(Cl)cc1CN(C)C(=O)Cn1c(C(F)(F)F)nc2ccccc21. The largest absolute Gasteiger partial charge is 0.496 e. The summed E-state index contributed by atoms with van der Waals surface area (Å²) in [7, 11) is 3.00. The van der Waals surface area contributed by atoms with Crippen LogP contribution < -0.4 is 4.74 Å². The number of amides is 1. The zero-order valence-corrected chi connectivity index (χ0v) is 15.9. The first kappa shape index (κ1) is 20.0. The molecule has 0 saturated heterocycles. The summed E-state index contributed by atoms with van der Waals surface area (Å²) in [5, 5.41) is 0.469. The lowest BCUT2D eigenvalue weighted by Gasteiger charge is -2.20. The molecule has 1 heterocycles. The second kappa shape index (κ2) is 7.71. The molecule has 28 heavy (non-hydrogen) atoms. The van der Waals surface area contributed by atoms with E-state index >= 15 is 0 Å². The summed E-state index contributed by atoms with van der Waals surface area (Å²) in [6.45, 7) is -0.356. The molecule has 9 heteroatoms. The minimum Gasteiger partial charge on any atom is -0.496 e. The number of hydrogen-bond acceptors (Lipinski definition) is 3. The van der Waals surface area contributed by atoms with Crippen molar-refractivity contribution < 1.29 is 22.7 Å². The molecule has 0 unspecified atom stereocenters. The number of fused-ring (bicyclic) bond motifs is 1. The van der Waals surface area contributed by atoms with E-state index < -0.39 is 24.5 Å². The molecular weight excluding hydrogens is 395 g/mol. The number of benzene rings is 2. The first-order valence-corrected chi connectivity index (χ1v) is 8.67. The molecule has 0 aliphatic rings. The molecule has 0 atom stereocenters. The Kier molecular flexibility index (Phi) is 5.51. The first-order chi connectivity index (χ1) is 13.2. The molecular formula is C19H17ClF3N3O2. The maximum atomic E-state index is 13.4. The lowest BCUT2D eigenvalue weighted by atomic mass is 10.2. The van der Waals surface area contributed by atoms with Crippen LogP contribution in [0.5, 0.6) is 5.75 Å². The highest BCUT2D eigenvalue weighted by Gasteiger charge is 2.38. The predicted molar refractivity (Wildman–Crippen MR) is 99.2 cm³/mol. The summed E-state index contributed by atoms with van der Waals surface area (Å²) in [5.74, 6) is -1.07. The third-order valence-corrected chi connectivity index (χ3v) is 4.51. The highest BCUT2D eigenvalue weighted by molar-refractivity contribution is 6.30. The van der Waals surface area contributed by atoms with Gasteiger partial charge in [-0.05, 0) is 30.3 Å². The normalized spacial score (nSPS) is 11.6. The first-order valence-electron chi connectivity index (χ1n) is 8.29. The van der Waals surface area contributed by atoms with Crippen molar-refractivity contribution in [3.63, 3.8) is 0 Å². The molecule has 0 spiro atoms. The number of nitrogens with zero attached hydrogens (tertiary/aromatic N) is 3. The van der Waals surface area contributed by atoms with Crippen LogP contribution in [0.4, 0.5) is 13.2 Å². The van der Waals surface area contributed by atoms with Crippen molar-refractivity contribution in [1.82, 2.24) is 14.5 Å². The Morgan fingerprint density at radius 2 is 1.96 bits per heavy atom. The van der Waals surface area contributed by atoms with Crippen molar-refractivity contribution >= 4 is 28.5 Å². The van der Waals surface area contributed by atoms with Crippen molar-refractivity contribution in [3.05, 3.63) is 58.9 Å². The van der Waals surface area contributed by atoms with Gasteiger partial charge in [-0.3, -0.25) is 4.79 Å². The molecule has 0 radical (unpaired) electrons. The highest BCUT2D eigenvalue weighted by Crippen LogP contribution is 2.31. The molecule has 2 aromatic carbocycles. The van der Waals surface area contributed by atoms with E-state index in [1.165, 1.54) is 31.2 Å². The van der Waals surface area contributed by atoms with Gasteiger partial charge in [-0.2, -0.15) is 13.2 Å². The van der Waals surface area contributed by atoms with Crippen molar-refractivity contribution in [2.75, 3.05) is 14.2 Å². The average Bonchev–Trinajstić information content (AvgIpc) is 3.01. The predicted octanol–water partition coefficient (Wildman–Crippen LogP) is 4.38. The van der Waals surface area contributed by atoms with Gasteiger partial charge in [-0.1, -0.05) is 23.7 Å². The second-order valence-electron chi connectivity index (χ2n) is 6.21. The van der Waals surface area contributed by atoms with Crippen LogP contribution in [0.3, 0.4) is 0 Å². The second-order valence-corrected chi connectivity index (χ2v) is 6.65. The van der Waals surface area contributed by atoms with E-state index in [2.05, 4.69) is 4.98 Å². The van der Waals surface area contributed by atoms with Crippen molar-refractivity contribution in [2.45, 2.75) is 19.3 Å². The molecule has 3 rings (SSSR count). The van der Waals surface area contributed by atoms with E-state index in [0.29, 0.717) is 16.3 Å². The van der Waals surface area contributed by atoms with Crippen LogP contribution in [0.1, 0.15) is 11.4 Å². The van der Waals surface area contributed by atoms with Gasteiger partial charge in [-0.25, -0.2) is 4.98 Å². The quantitative estimate of drug-likeness (QED) is 0.626. The minimum absolute atomic E-state index is 0.135. The van der Waals surface area contributed by atoms with Gasteiger partial charge in [0.05, 0.1) is 18.1 Å². The topological polar surface area (TPSA) is 47.4 Å². The van der Waals surface area contributed by atoms with Crippen LogP contribution in [0, 0.1) is 0 Å². The number of ether oxygens (including phenoxy) is 1. The fourth-order valence-electron chi connectivity index (χ4n) is 2.92. The molecule has 0 aliphatic carbocycles. The van der Waals surface area contributed by atoms with Gasteiger partial charge >= 0.3 is 6.18 Å². The average molecular weight is 412 g/mol. The van der Waals surface area contributed by atoms with Crippen molar-refractivity contribution in [1.29, 1.82) is 0 Å². The highest BCUT2D eigenvalue weighted by atomic mass is 35.5. The van der Waals surface area contributed by atoms with E-state index in [1.807, 2.05) is 0 Å². The summed E-state index contributed by atoms with van der Waals surface area (Å²) in [6.07, 6.45) is -4.67. The molecule has 148 valence electrons. The van der Waals surface area contributed by atoms with Crippen LogP contribution in [0.15, 0.2) is 42.5 Å². The third-order valence-electron chi connectivity index (χ3n) is 4.28. The molecule has 1 amide bonds. The molecule has 0 bridgehead atoms. The maximum Gasteiger partial charge on any atom is 0.449 e. The zero-order chi connectivity index (χ0) is 20.5. The van der Waals surface area contributed by atoms with Gasteiger partial charge in [0, 0.05) is 24.2 Å². The van der Waals surface area contributed by atoms with Gasteiger partial charge < -0.3 is 14.2 Å². The molecule has 3 aromatic rings. The van der Waals surface area contributed by atoms with E-state index in [9.17, 15) is 18.0 Å². The Balaban J connectivity index is 1.88. The Morgan fingerprint density at radius 1 is 1.25 bits per heavy atom. The van der Waals surface area contributed by atoms with E-state index in [-0.39, 0.29) is 17.6 Å². The number of methoxy groups -OCH3 is 1. The smallest absolute Gasteiger partial charge is 0.449 e. The third kappa shape index (κ3) is 4.06. The maximum absolute atomic E-state index is 13.4. The number of alkyl halides is 3. The summed E-state index contributed by atoms with van der Waals surface area (Å²) in [5.41, 5.74) is 1.08. The number of aromatic nitrogens is 2. The van der Waals surface area contributed by atoms with Crippen LogP contribution in [-0.2, 0) is 24.1 Å². The van der Waals surface area contributed by atoms with E-state index in [4.69, 9.17) is 16.3 Å². The van der Waals surface area contributed by atoms with Crippen LogP contribution in [0.2, 0.25) is 5.02 Å². The number of rotatable bonds is 5. The standard InChI is InChI=1S/C19H17ClF3N3O2/c1-25(10-12-9-13(20)7-8-16(12)28-2)17(27)11-26-15-6-4-3-5-14(15)24-18(26)19(21,22)23/h3-9H,10-11H2,1-2H3. The number of halogens is 4. The molecule has 1 aromatic heterocycles. The van der Waals surface area contributed by atoms with Gasteiger partial charge in [-0.15, -0.1) is 0 Å². The van der Waals surface area contributed by atoms with E-state index in [1.54, 1.807) is 30.3 Å². The van der Waals surface area contributed by atoms with Gasteiger partial charge in [0.15, 0.2) is 0 Å². The Morgan fingerprint density at radius 3 is 2.64 bits per heavy atom. The number of likely N-dealkylation sites (N-methyl/N-ethyl adjacent to an activating group) is 1. The van der Waals surface area contributed by atoms with Crippen molar-refractivity contribution in [3.8, 4) is 5.75 Å². The van der Waals surface area contributed by atoms with Gasteiger partial charge in [0.2, 0.25) is 11.7 Å². The molecule has 5 nitrogen and oxygen atoms in total. The molecule has 0 aliphatic heterocycles. The zero-order valence-electron chi connectivity index (χ0n) is 15.1. The summed E-state index contributed by atoms with van der Waals surface area (Å²) < 4.78 is 46.3. The Bertz CT molecular complexity index is 1020. The van der Waals surface area contributed by atoms with Gasteiger partial charge in [0.1, 0.15) is 12.3 Å². The number of para-hydroxylation sites is 2. The summed E-state index contributed by atoms with van der Waals surface area (Å²) in [4.78, 5) is 17.6. The Hall–Kier alpha value is -2.74. The summed E-state index contributed by atoms with van der Waals surface area (Å²) >= 11 is 5.99. The monoisotopic (exact) mass is 411 g/mol. The molecule has 0 fully saturated rings. The van der Waals surface area contributed by atoms with Crippen LogP contribution in [-0.4, -0.2) is 34.5 Å². The fraction of sp³-hybridized carbons (Fsp3) is 0.263. The number of carbonyl (C=O) groups excluding carboxylic acids is 1. The minimum atomic E-state index is -4.67. The van der Waals surface area contributed by atoms with Crippen LogP contribution >= 0.6 is 11.6 Å². The van der Waals surface area contributed by atoms with E-state index in [0.717, 1.165) is 4.57 Å². The molecule has 0 saturated carbocycles. The number of imidazole rings is 1. The number of hydrogen-bond donors (Lipinski definition) is 0. The number of carbonyl (C=O) groups is 1. The van der Waals surface area contributed by atoms with Gasteiger partial charge in [0.25, 0.3) is 0 Å². The van der Waals surface area contributed by atoms with Crippen molar-refractivity contribution in [2.24, 2.45) is 0 Å². The summed E-state index contributed by atoms with van der Waals surface area (Å²) in [6, 6.07) is 11.2.